The number of guanidine groups is 1. The van der Waals surface area contributed by atoms with E-state index < -0.39 is 0 Å². The molecule has 7 nitrogen and oxygen atoms in total. The average Bonchev–Trinajstić information content (AvgIpc) is 3.15. The van der Waals surface area contributed by atoms with Crippen LogP contribution in [0.5, 0.6) is 0 Å². The van der Waals surface area contributed by atoms with Crippen LogP contribution in [0.15, 0.2) is 4.99 Å². The molecule has 0 spiro atoms. The number of methoxy groups -OCH3 is 1. The normalized spacial score (nSPS) is 21.0. The van der Waals surface area contributed by atoms with Crippen LogP contribution in [0.25, 0.3) is 0 Å². The second-order valence-corrected chi connectivity index (χ2v) is 7.21. The van der Waals surface area contributed by atoms with Gasteiger partial charge in [0.15, 0.2) is 5.96 Å². The molecule has 1 unspecified atom stereocenters. The van der Waals surface area contributed by atoms with E-state index in [4.69, 9.17) is 9.47 Å². The van der Waals surface area contributed by atoms with Crippen LogP contribution in [0, 0.1) is 5.92 Å². The molecule has 0 aromatic heterocycles. The molecule has 1 saturated heterocycles. The molecule has 2 N–H and O–H groups in total. The lowest BCUT2D eigenvalue weighted by molar-refractivity contribution is -0.135. The summed E-state index contributed by atoms with van der Waals surface area (Å²) in [5.41, 5.74) is 0. The largest absolute Gasteiger partial charge is 0.382 e. The molecule has 1 amide bonds. The number of nitrogens with one attached hydrogen (secondary N) is 2. The van der Waals surface area contributed by atoms with Crippen molar-refractivity contribution in [3.8, 4) is 0 Å². The van der Waals surface area contributed by atoms with Gasteiger partial charge in [-0.25, -0.2) is 0 Å². The maximum absolute atomic E-state index is 12.6. The molecule has 1 heterocycles. The summed E-state index contributed by atoms with van der Waals surface area (Å²) in [7, 11) is 3.46. The third kappa shape index (κ3) is 8.95. The predicted octanol–water partition coefficient (Wildman–Crippen LogP) is 2.00. The molecule has 0 bridgehead atoms. The molecular weight excluding hydrogens is 459 g/mol. The van der Waals surface area contributed by atoms with Crippen LogP contribution < -0.4 is 10.6 Å². The molecule has 0 aromatic rings. The minimum Gasteiger partial charge on any atom is -0.382 e. The molecule has 1 saturated carbocycles. The van der Waals surface area contributed by atoms with Crippen molar-refractivity contribution < 1.29 is 14.3 Å². The zero-order valence-electron chi connectivity index (χ0n) is 16.9. The van der Waals surface area contributed by atoms with E-state index in [1.807, 2.05) is 4.90 Å². The highest BCUT2D eigenvalue weighted by Crippen LogP contribution is 2.26. The van der Waals surface area contributed by atoms with Gasteiger partial charge in [0.1, 0.15) is 0 Å². The number of carbonyl (C=O) groups excluding carboxylic acids is 1. The Balaban J connectivity index is 0.00000364. The van der Waals surface area contributed by atoms with Crippen LogP contribution in [0.4, 0.5) is 0 Å². The number of nitrogens with zero attached hydrogens (tertiary/aromatic N) is 2. The SMILES string of the molecule is CN=C(NCCCOCCOC)NC1CCN(C(=O)C2CCCCC2)C1.I. The standard InChI is InChI=1S/C19H36N4O3.HI/c1-20-19(21-10-6-12-26-14-13-25-2)22-17-9-11-23(15-17)18(24)16-7-4-3-5-8-16;/h16-17H,3-15H2,1-2H3,(H2,20,21,22);1H. The Morgan fingerprint density at radius 2 is 1.93 bits per heavy atom. The van der Waals surface area contributed by atoms with E-state index in [0.717, 1.165) is 51.3 Å². The number of aliphatic imine (C=N–C) groups is 1. The number of hydrogen-bond acceptors (Lipinski definition) is 4. The summed E-state index contributed by atoms with van der Waals surface area (Å²) < 4.78 is 10.4. The van der Waals surface area contributed by atoms with Crippen molar-refractivity contribution in [1.29, 1.82) is 0 Å². The van der Waals surface area contributed by atoms with Gasteiger partial charge in [-0.05, 0) is 25.7 Å². The van der Waals surface area contributed by atoms with Gasteiger partial charge in [-0.3, -0.25) is 9.79 Å². The lowest BCUT2D eigenvalue weighted by Gasteiger charge is -2.26. The van der Waals surface area contributed by atoms with E-state index in [1.165, 1.54) is 19.3 Å². The van der Waals surface area contributed by atoms with Gasteiger partial charge in [0.2, 0.25) is 5.91 Å². The van der Waals surface area contributed by atoms with Crippen molar-refractivity contribution in [3.05, 3.63) is 0 Å². The van der Waals surface area contributed by atoms with Gasteiger partial charge in [-0.2, -0.15) is 0 Å². The molecule has 0 radical (unpaired) electrons. The molecule has 2 aliphatic rings. The van der Waals surface area contributed by atoms with Gasteiger partial charge in [0, 0.05) is 52.4 Å². The Morgan fingerprint density at radius 1 is 1.15 bits per heavy atom. The number of ether oxygens (including phenoxy) is 2. The van der Waals surface area contributed by atoms with E-state index in [0.29, 0.717) is 25.7 Å². The zero-order chi connectivity index (χ0) is 18.6. The lowest BCUT2D eigenvalue weighted by Crippen LogP contribution is -2.45. The zero-order valence-corrected chi connectivity index (χ0v) is 19.2. The first-order valence-corrected chi connectivity index (χ1v) is 10.1. The van der Waals surface area contributed by atoms with Gasteiger partial charge < -0.3 is 25.0 Å². The fourth-order valence-corrected chi connectivity index (χ4v) is 3.70. The molecule has 27 heavy (non-hydrogen) atoms. The molecular formula is C19H37IN4O3. The minimum absolute atomic E-state index is 0. The molecule has 1 atom stereocenters. The summed E-state index contributed by atoms with van der Waals surface area (Å²) in [5.74, 6) is 1.43. The first kappa shape index (κ1) is 24.4. The number of likely N-dealkylation sites (tertiary alicyclic amines) is 1. The number of halogens is 1. The third-order valence-corrected chi connectivity index (χ3v) is 5.21. The Labute approximate surface area is 181 Å². The molecule has 158 valence electrons. The highest BCUT2D eigenvalue weighted by Gasteiger charge is 2.31. The van der Waals surface area contributed by atoms with Gasteiger partial charge in [0.05, 0.1) is 13.2 Å². The van der Waals surface area contributed by atoms with Crippen LogP contribution in [0.1, 0.15) is 44.9 Å². The Kier molecular flexibility index (Phi) is 13.0. The Morgan fingerprint density at radius 3 is 2.63 bits per heavy atom. The highest BCUT2D eigenvalue weighted by atomic mass is 127. The highest BCUT2D eigenvalue weighted by molar-refractivity contribution is 14.0. The number of carbonyl (C=O) groups is 1. The molecule has 1 aliphatic heterocycles. The fourth-order valence-electron chi connectivity index (χ4n) is 3.70. The molecule has 2 fully saturated rings. The number of rotatable bonds is 9. The minimum atomic E-state index is 0. The van der Waals surface area contributed by atoms with Crippen LogP contribution in [0.3, 0.4) is 0 Å². The molecule has 0 aromatic carbocycles. The number of amides is 1. The Bertz CT molecular complexity index is 445. The van der Waals surface area contributed by atoms with Gasteiger partial charge >= 0.3 is 0 Å². The van der Waals surface area contributed by atoms with Crippen molar-refractivity contribution in [2.45, 2.75) is 51.0 Å². The van der Waals surface area contributed by atoms with E-state index in [1.54, 1.807) is 14.2 Å². The van der Waals surface area contributed by atoms with E-state index in [9.17, 15) is 4.79 Å². The van der Waals surface area contributed by atoms with Crippen molar-refractivity contribution in [2.24, 2.45) is 10.9 Å². The number of hydrogen-bond donors (Lipinski definition) is 2. The van der Waals surface area contributed by atoms with E-state index >= 15 is 0 Å². The van der Waals surface area contributed by atoms with Crippen molar-refractivity contribution >= 4 is 35.8 Å². The average molecular weight is 496 g/mol. The van der Waals surface area contributed by atoms with Crippen LogP contribution >= 0.6 is 24.0 Å². The van der Waals surface area contributed by atoms with Crippen LogP contribution in [-0.2, 0) is 14.3 Å². The van der Waals surface area contributed by atoms with Crippen LogP contribution in [0.2, 0.25) is 0 Å². The first-order valence-electron chi connectivity index (χ1n) is 10.1. The van der Waals surface area contributed by atoms with Crippen molar-refractivity contribution in [1.82, 2.24) is 15.5 Å². The van der Waals surface area contributed by atoms with Gasteiger partial charge in [-0.1, -0.05) is 19.3 Å². The third-order valence-electron chi connectivity index (χ3n) is 5.21. The predicted molar refractivity (Wildman–Crippen MR) is 119 cm³/mol. The summed E-state index contributed by atoms with van der Waals surface area (Å²) in [5, 5.41) is 6.77. The second kappa shape index (κ2) is 14.4. The fraction of sp³-hybridized carbons (Fsp3) is 0.895. The van der Waals surface area contributed by atoms with E-state index in [2.05, 4.69) is 15.6 Å². The first-order chi connectivity index (χ1) is 12.7. The summed E-state index contributed by atoms with van der Waals surface area (Å²) in [4.78, 5) is 19.0. The lowest BCUT2D eigenvalue weighted by atomic mass is 9.88. The summed E-state index contributed by atoms with van der Waals surface area (Å²) in [6.07, 6.45) is 7.75. The molecule has 2 rings (SSSR count). The maximum atomic E-state index is 12.6. The summed E-state index contributed by atoms with van der Waals surface area (Å²) in [6.45, 7) is 4.43. The topological polar surface area (TPSA) is 75.2 Å². The van der Waals surface area contributed by atoms with E-state index in [-0.39, 0.29) is 35.9 Å². The van der Waals surface area contributed by atoms with Gasteiger partial charge in [-0.15, -0.1) is 24.0 Å². The van der Waals surface area contributed by atoms with Crippen molar-refractivity contribution in [2.75, 3.05) is 53.6 Å². The smallest absolute Gasteiger partial charge is 0.225 e. The summed E-state index contributed by atoms with van der Waals surface area (Å²) in [6, 6.07) is 0.284. The monoisotopic (exact) mass is 496 g/mol. The van der Waals surface area contributed by atoms with Crippen LogP contribution in [-0.4, -0.2) is 76.4 Å². The molecule has 8 heteroatoms. The second-order valence-electron chi connectivity index (χ2n) is 7.21. The molecule has 1 aliphatic carbocycles. The Hall–Kier alpha value is -0.610. The maximum Gasteiger partial charge on any atom is 0.225 e. The summed E-state index contributed by atoms with van der Waals surface area (Å²) >= 11 is 0. The van der Waals surface area contributed by atoms with Gasteiger partial charge in [0.25, 0.3) is 0 Å². The van der Waals surface area contributed by atoms with Crippen molar-refractivity contribution in [3.63, 3.8) is 0 Å². The quantitative estimate of drug-likeness (QED) is 0.221.